The highest BCUT2D eigenvalue weighted by Gasteiger charge is 2.16. The molecule has 0 amide bonds. The van der Waals surface area contributed by atoms with Gasteiger partial charge in [0, 0.05) is 4.47 Å². The molecule has 1 aromatic carbocycles. The monoisotopic (exact) mass is 315 g/mol. The van der Waals surface area contributed by atoms with Gasteiger partial charge in [0.1, 0.15) is 5.75 Å². The van der Waals surface area contributed by atoms with E-state index < -0.39 is 5.97 Å². The van der Waals surface area contributed by atoms with E-state index in [4.69, 9.17) is 15.6 Å². The molecule has 1 atom stereocenters. The average molecular weight is 316 g/mol. The van der Waals surface area contributed by atoms with Crippen LogP contribution in [0.3, 0.4) is 0 Å². The Balaban J connectivity index is 2.36. The van der Waals surface area contributed by atoms with Crippen molar-refractivity contribution in [2.24, 2.45) is 11.7 Å². The molecule has 0 saturated heterocycles. The van der Waals surface area contributed by atoms with Crippen molar-refractivity contribution in [1.82, 2.24) is 0 Å². The smallest absolute Gasteiger partial charge is 0.306 e. The number of carbonyl (C=O) groups is 1. The molecule has 0 heterocycles. The highest BCUT2D eigenvalue weighted by molar-refractivity contribution is 9.10. The van der Waals surface area contributed by atoms with E-state index in [9.17, 15) is 4.79 Å². The third kappa shape index (κ3) is 5.51. The second-order valence-electron chi connectivity index (χ2n) is 4.06. The molecular weight excluding hydrogens is 298 g/mol. The summed E-state index contributed by atoms with van der Waals surface area (Å²) in [5, 5.41) is 9.04. The number of carboxylic acid groups (broad SMARTS) is 1. The van der Waals surface area contributed by atoms with Gasteiger partial charge in [0.2, 0.25) is 0 Å². The van der Waals surface area contributed by atoms with Crippen molar-refractivity contribution < 1.29 is 14.6 Å². The van der Waals surface area contributed by atoms with Crippen molar-refractivity contribution >= 4 is 21.9 Å². The van der Waals surface area contributed by atoms with Gasteiger partial charge in [-0.3, -0.25) is 4.79 Å². The molecule has 0 aliphatic carbocycles. The zero-order chi connectivity index (χ0) is 13.4. The number of hydrogen-bond donors (Lipinski definition) is 2. The Morgan fingerprint density at radius 1 is 1.44 bits per heavy atom. The molecule has 100 valence electrons. The SMILES string of the molecule is NCCCC(CCOc1cccc(Br)c1)C(=O)O. The number of benzene rings is 1. The van der Waals surface area contributed by atoms with Gasteiger partial charge < -0.3 is 15.6 Å². The molecule has 0 aromatic heterocycles. The van der Waals surface area contributed by atoms with Crippen molar-refractivity contribution in [3.63, 3.8) is 0 Å². The fourth-order valence-electron chi connectivity index (χ4n) is 1.63. The number of hydrogen-bond acceptors (Lipinski definition) is 3. The van der Waals surface area contributed by atoms with Crippen LogP contribution in [-0.2, 0) is 4.79 Å². The van der Waals surface area contributed by atoms with E-state index in [0.717, 1.165) is 16.6 Å². The van der Waals surface area contributed by atoms with E-state index in [-0.39, 0.29) is 5.92 Å². The zero-order valence-corrected chi connectivity index (χ0v) is 11.7. The van der Waals surface area contributed by atoms with Crippen LogP contribution in [0, 0.1) is 5.92 Å². The molecule has 0 spiro atoms. The molecule has 0 bridgehead atoms. The maximum absolute atomic E-state index is 11.0. The topological polar surface area (TPSA) is 72.5 Å². The Kier molecular flexibility index (Phi) is 6.75. The summed E-state index contributed by atoms with van der Waals surface area (Å²) in [5.41, 5.74) is 5.38. The van der Waals surface area contributed by atoms with E-state index in [2.05, 4.69) is 15.9 Å². The van der Waals surface area contributed by atoms with Crippen LogP contribution in [0.5, 0.6) is 5.75 Å². The summed E-state index contributed by atoms with van der Waals surface area (Å²) in [6.07, 6.45) is 1.84. The Morgan fingerprint density at radius 2 is 2.22 bits per heavy atom. The van der Waals surface area contributed by atoms with Gasteiger partial charge in [0.15, 0.2) is 0 Å². The van der Waals surface area contributed by atoms with Crippen molar-refractivity contribution in [2.75, 3.05) is 13.2 Å². The molecular formula is C13H18BrNO3. The molecule has 0 aliphatic rings. The van der Waals surface area contributed by atoms with Gasteiger partial charge in [-0.25, -0.2) is 0 Å². The lowest BCUT2D eigenvalue weighted by molar-refractivity contribution is -0.142. The summed E-state index contributed by atoms with van der Waals surface area (Å²) in [5.74, 6) is -0.408. The first kappa shape index (κ1) is 15.0. The first-order valence-corrected chi connectivity index (χ1v) is 6.74. The summed E-state index contributed by atoms with van der Waals surface area (Å²) in [4.78, 5) is 11.0. The number of nitrogens with two attached hydrogens (primary N) is 1. The van der Waals surface area contributed by atoms with Gasteiger partial charge in [-0.2, -0.15) is 0 Å². The van der Waals surface area contributed by atoms with Gasteiger partial charge in [-0.05, 0) is 44.0 Å². The van der Waals surface area contributed by atoms with Crippen LogP contribution in [-0.4, -0.2) is 24.2 Å². The summed E-state index contributed by atoms with van der Waals surface area (Å²) in [7, 11) is 0. The largest absolute Gasteiger partial charge is 0.494 e. The summed E-state index contributed by atoms with van der Waals surface area (Å²) in [6.45, 7) is 0.925. The normalized spacial score (nSPS) is 12.1. The predicted molar refractivity (Wildman–Crippen MR) is 73.7 cm³/mol. The Bertz CT molecular complexity index is 384. The molecule has 1 unspecified atom stereocenters. The van der Waals surface area contributed by atoms with E-state index in [1.807, 2.05) is 24.3 Å². The van der Waals surface area contributed by atoms with Gasteiger partial charge in [-0.1, -0.05) is 22.0 Å². The fraction of sp³-hybridized carbons (Fsp3) is 0.462. The Morgan fingerprint density at radius 3 is 2.83 bits per heavy atom. The Labute approximate surface area is 115 Å². The lowest BCUT2D eigenvalue weighted by Gasteiger charge is -2.12. The molecule has 4 nitrogen and oxygen atoms in total. The van der Waals surface area contributed by atoms with Crippen molar-refractivity contribution in [3.8, 4) is 5.75 Å². The lowest BCUT2D eigenvalue weighted by Crippen LogP contribution is -2.18. The number of halogens is 1. The highest BCUT2D eigenvalue weighted by Crippen LogP contribution is 2.19. The quantitative estimate of drug-likeness (QED) is 0.773. The summed E-state index contributed by atoms with van der Waals surface area (Å²) in [6, 6.07) is 7.49. The molecule has 18 heavy (non-hydrogen) atoms. The molecule has 5 heteroatoms. The standard InChI is InChI=1S/C13H18BrNO3/c14-11-4-1-5-12(9-11)18-8-6-10(13(16)17)3-2-7-15/h1,4-5,9-10H,2-3,6-8,15H2,(H,16,17). The molecule has 0 aliphatic heterocycles. The van der Waals surface area contributed by atoms with Gasteiger partial charge in [0.25, 0.3) is 0 Å². The van der Waals surface area contributed by atoms with Crippen LogP contribution < -0.4 is 10.5 Å². The second kappa shape index (κ2) is 8.11. The van der Waals surface area contributed by atoms with Gasteiger partial charge >= 0.3 is 5.97 Å². The van der Waals surface area contributed by atoms with Crippen molar-refractivity contribution in [2.45, 2.75) is 19.3 Å². The lowest BCUT2D eigenvalue weighted by atomic mass is 10.0. The van der Waals surface area contributed by atoms with E-state index in [0.29, 0.717) is 26.0 Å². The number of rotatable bonds is 8. The van der Waals surface area contributed by atoms with Crippen LogP contribution in [0.15, 0.2) is 28.7 Å². The first-order chi connectivity index (χ1) is 8.63. The van der Waals surface area contributed by atoms with E-state index >= 15 is 0 Å². The van der Waals surface area contributed by atoms with Crippen LogP contribution >= 0.6 is 15.9 Å². The van der Waals surface area contributed by atoms with E-state index in [1.54, 1.807) is 0 Å². The maximum Gasteiger partial charge on any atom is 0.306 e. The van der Waals surface area contributed by atoms with Gasteiger partial charge in [-0.15, -0.1) is 0 Å². The molecule has 0 fully saturated rings. The highest BCUT2D eigenvalue weighted by atomic mass is 79.9. The maximum atomic E-state index is 11.0. The third-order valence-corrected chi connectivity index (χ3v) is 3.13. The van der Waals surface area contributed by atoms with Crippen LogP contribution in [0.25, 0.3) is 0 Å². The molecule has 0 saturated carbocycles. The van der Waals surface area contributed by atoms with Crippen LogP contribution in [0.4, 0.5) is 0 Å². The molecule has 3 N–H and O–H groups in total. The number of carboxylic acids is 1. The zero-order valence-electron chi connectivity index (χ0n) is 10.1. The predicted octanol–water partition coefficient (Wildman–Crippen LogP) is 2.66. The van der Waals surface area contributed by atoms with Crippen molar-refractivity contribution in [1.29, 1.82) is 0 Å². The number of aliphatic carboxylic acids is 1. The van der Waals surface area contributed by atoms with Crippen LogP contribution in [0.2, 0.25) is 0 Å². The average Bonchev–Trinajstić information content (AvgIpc) is 2.33. The fourth-order valence-corrected chi connectivity index (χ4v) is 2.01. The van der Waals surface area contributed by atoms with Crippen molar-refractivity contribution in [3.05, 3.63) is 28.7 Å². The van der Waals surface area contributed by atoms with E-state index in [1.165, 1.54) is 0 Å². The van der Waals surface area contributed by atoms with Gasteiger partial charge in [0.05, 0.1) is 12.5 Å². The molecule has 1 aromatic rings. The molecule has 1 rings (SSSR count). The van der Waals surface area contributed by atoms with Crippen LogP contribution in [0.1, 0.15) is 19.3 Å². The Hall–Kier alpha value is -1.07. The minimum atomic E-state index is -0.777. The minimum absolute atomic E-state index is 0.374. The summed E-state index contributed by atoms with van der Waals surface area (Å²) < 4.78 is 6.47. The minimum Gasteiger partial charge on any atom is -0.494 e. The molecule has 0 radical (unpaired) electrons. The first-order valence-electron chi connectivity index (χ1n) is 5.94. The second-order valence-corrected chi connectivity index (χ2v) is 4.98. The number of ether oxygens (including phenoxy) is 1. The summed E-state index contributed by atoms with van der Waals surface area (Å²) >= 11 is 3.35. The third-order valence-electron chi connectivity index (χ3n) is 2.64.